The van der Waals surface area contributed by atoms with E-state index in [0.717, 1.165) is 17.1 Å². The Bertz CT molecular complexity index is 1110. The minimum Gasteiger partial charge on any atom is -0.495 e. The zero-order valence-electron chi connectivity index (χ0n) is 15.1. The molecular weight excluding hydrogens is 429 g/mol. The molecule has 0 bridgehead atoms. The maximum Gasteiger partial charge on any atom is 0.573 e. The van der Waals surface area contributed by atoms with E-state index < -0.39 is 22.1 Å². The summed E-state index contributed by atoms with van der Waals surface area (Å²) >= 11 is 1.43. The number of methoxy groups -OCH3 is 1. The van der Waals surface area contributed by atoms with Gasteiger partial charge in [-0.25, -0.2) is 13.4 Å². The van der Waals surface area contributed by atoms with E-state index in [4.69, 9.17) is 4.74 Å². The molecule has 3 aromatic rings. The van der Waals surface area contributed by atoms with Crippen LogP contribution in [0.1, 0.15) is 5.01 Å². The standard InChI is InChI=1S/C18H15F3N2O4S2/c1-11-22-15(10-28-11)12-3-8-16(26-2)17(9-12)29(24,25)23-13-4-6-14(7-5-13)27-18(19,20)21/h3-10,23H,1-2H3. The van der Waals surface area contributed by atoms with E-state index in [1.54, 1.807) is 11.4 Å². The molecule has 0 radical (unpaired) electrons. The number of nitrogens with one attached hydrogen (secondary N) is 1. The van der Waals surface area contributed by atoms with Gasteiger partial charge in [-0.2, -0.15) is 0 Å². The topological polar surface area (TPSA) is 77.5 Å². The SMILES string of the molecule is COc1ccc(-c2csc(C)n2)cc1S(=O)(=O)Nc1ccc(OC(F)(F)F)cc1. The van der Waals surface area contributed by atoms with Gasteiger partial charge in [-0.15, -0.1) is 24.5 Å². The van der Waals surface area contributed by atoms with Crippen LogP contribution in [0.4, 0.5) is 18.9 Å². The number of aryl methyl sites for hydroxylation is 1. The highest BCUT2D eigenvalue weighted by atomic mass is 32.2. The molecular formula is C18H15F3N2O4S2. The summed E-state index contributed by atoms with van der Waals surface area (Å²) in [5.74, 6) is -0.343. The number of halogens is 3. The Labute approximate surface area is 169 Å². The molecule has 0 aliphatic carbocycles. The Morgan fingerprint density at radius 1 is 1.10 bits per heavy atom. The predicted octanol–water partition coefficient (Wildman–Crippen LogP) is 4.83. The predicted molar refractivity (Wildman–Crippen MR) is 103 cm³/mol. The van der Waals surface area contributed by atoms with Crippen molar-refractivity contribution in [3.05, 3.63) is 52.9 Å². The maximum atomic E-state index is 12.9. The first-order valence-corrected chi connectivity index (χ1v) is 10.4. The van der Waals surface area contributed by atoms with Crippen LogP contribution in [0.2, 0.25) is 0 Å². The summed E-state index contributed by atoms with van der Waals surface area (Å²) in [6.07, 6.45) is -4.83. The Kier molecular flexibility index (Phi) is 5.71. The smallest absolute Gasteiger partial charge is 0.495 e. The average Bonchev–Trinajstić information content (AvgIpc) is 3.08. The second kappa shape index (κ2) is 7.91. The van der Waals surface area contributed by atoms with Gasteiger partial charge in [0.25, 0.3) is 10.0 Å². The third-order valence-electron chi connectivity index (χ3n) is 3.71. The Balaban J connectivity index is 1.90. The molecule has 0 unspecified atom stereocenters. The van der Waals surface area contributed by atoms with E-state index in [1.165, 1.54) is 42.7 Å². The lowest BCUT2D eigenvalue weighted by atomic mass is 10.2. The Morgan fingerprint density at radius 2 is 1.79 bits per heavy atom. The number of benzene rings is 2. The Hall–Kier alpha value is -2.79. The molecule has 0 saturated heterocycles. The molecule has 0 saturated carbocycles. The van der Waals surface area contributed by atoms with Gasteiger partial charge >= 0.3 is 6.36 Å². The molecule has 0 amide bonds. The first kappa shape index (κ1) is 20.9. The van der Waals surface area contributed by atoms with Crippen molar-refractivity contribution in [3.63, 3.8) is 0 Å². The number of hydrogen-bond donors (Lipinski definition) is 1. The summed E-state index contributed by atoms with van der Waals surface area (Å²) in [6.45, 7) is 1.84. The first-order valence-electron chi connectivity index (χ1n) is 8.06. The van der Waals surface area contributed by atoms with Crippen LogP contribution < -0.4 is 14.2 Å². The van der Waals surface area contributed by atoms with E-state index in [0.29, 0.717) is 11.3 Å². The van der Waals surface area contributed by atoms with Crippen molar-refractivity contribution in [2.75, 3.05) is 11.8 Å². The number of aromatic nitrogens is 1. The molecule has 1 aromatic heterocycles. The molecule has 0 fully saturated rings. The minimum atomic E-state index is -4.83. The quantitative estimate of drug-likeness (QED) is 0.590. The third-order valence-corrected chi connectivity index (χ3v) is 5.88. The zero-order valence-corrected chi connectivity index (χ0v) is 16.8. The van der Waals surface area contributed by atoms with E-state index in [-0.39, 0.29) is 16.3 Å². The van der Waals surface area contributed by atoms with E-state index >= 15 is 0 Å². The fraction of sp³-hybridized carbons (Fsp3) is 0.167. The van der Waals surface area contributed by atoms with Gasteiger partial charge in [0.2, 0.25) is 0 Å². The number of anilines is 1. The molecule has 2 aromatic carbocycles. The molecule has 29 heavy (non-hydrogen) atoms. The monoisotopic (exact) mass is 444 g/mol. The van der Waals surface area contributed by atoms with Crippen LogP contribution in [-0.4, -0.2) is 26.9 Å². The van der Waals surface area contributed by atoms with E-state index in [9.17, 15) is 21.6 Å². The van der Waals surface area contributed by atoms with Crippen molar-refractivity contribution < 1.29 is 31.1 Å². The lowest BCUT2D eigenvalue weighted by molar-refractivity contribution is -0.274. The van der Waals surface area contributed by atoms with Gasteiger partial charge in [0, 0.05) is 16.6 Å². The molecule has 11 heteroatoms. The number of ether oxygens (including phenoxy) is 2. The largest absolute Gasteiger partial charge is 0.573 e. The third kappa shape index (κ3) is 5.18. The van der Waals surface area contributed by atoms with Crippen LogP contribution in [0.15, 0.2) is 52.7 Å². The summed E-state index contributed by atoms with van der Waals surface area (Å²) in [7, 11) is -2.75. The van der Waals surface area contributed by atoms with Gasteiger partial charge in [0.05, 0.1) is 17.8 Å². The van der Waals surface area contributed by atoms with Gasteiger partial charge in [-0.3, -0.25) is 4.72 Å². The van der Waals surface area contributed by atoms with Crippen LogP contribution >= 0.6 is 11.3 Å². The van der Waals surface area contributed by atoms with Crippen LogP contribution in [0.3, 0.4) is 0 Å². The van der Waals surface area contributed by atoms with Gasteiger partial charge in [0.15, 0.2) is 0 Å². The van der Waals surface area contributed by atoms with Crippen molar-refractivity contribution in [1.29, 1.82) is 0 Å². The fourth-order valence-electron chi connectivity index (χ4n) is 2.48. The van der Waals surface area contributed by atoms with Crippen LogP contribution in [0.5, 0.6) is 11.5 Å². The lowest BCUT2D eigenvalue weighted by Crippen LogP contribution is -2.17. The molecule has 6 nitrogen and oxygen atoms in total. The number of sulfonamides is 1. The van der Waals surface area contributed by atoms with Gasteiger partial charge < -0.3 is 9.47 Å². The number of hydrogen-bond acceptors (Lipinski definition) is 6. The highest BCUT2D eigenvalue weighted by Gasteiger charge is 2.31. The number of rotatable bonds is 6. The van der Waals surface area contributed by atoms with Crippen molar-refractivity contribution in [2.45, 2.75) is 18.2 Å². The van der Waals surface area contributed by atoms with Crippen LogP contribution in [-0.2, 0) is 10.0 Å². The van der Waals surface area contributed by atoms with Gasteiger partial charge in [0.1, 0.15) is 16.4 Å². The molecule has 3 rings (SSSR count). The van der Waals surface area contributed by atoms with Gasteiger partial charge in [-0.05, 0) is 49.4 Å². The van der Waals surface area contributed by atoms with Crippen LogP contribution in [0, 0.1) is 6.92 Å². The summed E-state index contributed by atoms with van der Waals surface area (Å²) in [5, 5.41) is 2.64. The average molecular weight is 444 g/mol. The normalized spacial score (nSPS) is 11.9. The molecule has 154 valence electrons. The molecule has 1 heterocycles. The highest BCUT2D eigenvalue weighted by Crippen LogP contribution is 2.32. The second-order valence-corrected chi connectivity index (χ2v) is 8.51. The molecule has 0 spiro atoms. The molecule has 0 aliphatic heterocycles. The first-order chi connectivity index (χ1) is 13.6. The number of nitrogens with zero attached hydrogens (tertiary/aromatic N) is 1. The fourth-order valence-corrected chi connectivity index (χ4v) is 4.35. The Morgan fingerprint density at radius 3 is 2.34 bits per heavy atom. The summed E-state index contributed by atoms with van der Waals surface area (Å²) in [6, 6.07) is 8.98. The maximum absolute atomic E-state index is 12.9. The lowest BCUT2D eigenvalue weighted by Gasteiger charge is -2.13. The minimum absolute atomic E-state index is 0.0662. The summed E-state index contributed by atoms with van der Waals surface area (Å²) < 4.78 is 73.7. The van der Waals surface area contributed by atoms with Crippen LogP contribution in [0.25, 0.3) is 11.3 Å². The number of thiazole rings is 1. The van der Waals surface area contributed by atoms with E-state index in [1.807, 2.05) is 6.92 Å². The van der Waals surface area contributed by atoms with Crippen molar-refractivity contribution in [1.82, 2.24) is 4.98 Å². The second-order valence-electron chi connectivity index (χ2n) is 5.80. The molecule has 0 aliphatic rings. The zero-order chi connectivity index (χ0) is 21.2. The van der Waals surface area contributed by atoms with Crippen molar-refractivity contribution in [2.24, 2.45) is 0 Å². The van der Waals surface area contributed by atoms with Crippen molar-refractivity contribution >= 4 is 27.0 Å². The van der Waals surface area contributed by atoms with Crippen molar-refractivity contribution in [3.8, 4) is 22.8 Å². The summed E-state index contributed by atoms with van der Waals surface area (Å²) in [4.78, 5) is 4.21. The number of alkyl halides is 3. The van der Waals surface area contributed by atoms with E-state index in [2.05, 4.69) is 14.4 Å². The van der Waals surface area contributed by atoms with Gasteiger partial charge in [-0.1, -0.05) is 0 Å². The molecule has 0 atom stereocenters. The highest BCUT2D eigenvalue weighted by molar-refractivity contribution is 7.92. The molecule has 1 N–H and O–H groups in total. The summed E-state index contributed by atoms with van der Waals surface area (Å²) in [5.41, 5.74) is 1.28.